The van der Waals surface area contributed by atoms with E-state index in [2.05, 4.69) is 15.4 Å². The molecule has 90 valence electrons. The van der Waals surface area contributed by atoms with Gasteiger partial charge in [0.15, 0.2) is 0 Å². The highest BCUT2D eigenvalue weighted by Crippen LogP contribution is 2.14. The van der Waals surface area contributed by atoms with E-state index in [0.717, 1.165) is 16.3 Å². The van der Waals surface area contributed by atoms with Gasteiger partial charge in [0.05, 0.1) is 4.88 Å². The Morgan fingerprint density at radius 1 is 1.59 bits per heavy atom. The molecule has 0 saturated heterocycles. The maximum atomic E-state index is 11.8. The van der Waals surface area contributed by atoms with Crippen LogP contribution in [0.4, 0.5) is 0 Å². The lowest BCUT2D eigenvalue weighted by atomic mass is 10.3. The number of nitrogens with one attached hydrogen (secondary N) is 1. The van der Waals surface area contributed by atoms with E-state index >= 15 is 0 Å². The van der Waals surface area contributed by atoms with Gasteiger partial charge in [0.25, 0.3) is 5.91 Å². The van der Waals surface area contributed by atoms with Crippen molar-refractivity contribution in [2.75, 3.05) is 6.54 Å². The summed E-state index contributed by atoms with van der Waals surface area (Å²) >= 11 is 1.46. The molecule has 6 heteroatoms. The fourth-order valence-corrected chi connectivity index (χ4v) is 2.36. The quantitative estimate of drug-likeness (QED) is 0.885. The Morgan fingerprint density at radius 3 is 3.00 bits per heavy atom. The van der Waals surface area contributed by atoms with Crippen molar-refractivity contribution >= 4 is 17.2 Å². The molecular formula is C11H14N4OS. The Hall–Kier alpha value is -1.69. The fraction of sp³-hybridized carbons (Fsp3) is 0.364. The average molecular weight is 250 g/mol. The van der Waals surface area contributed by atoms with E-state index in [-0.39, 0.29) is 5.91 Å². The zero-order chi connectivity index (χ0) is 12.3. The molecule has 1 amide bonds. The number of rotatable bonds is 4. The molecule has 2 aromatic heterocycles. The van der Waals surface area contributed by atoms with Crippen LogP contribution in [0, 0.1) is 6.92 Å². The second-order valence-electron chi connectivity index (χ2n) is 3.74. The first-order valence-electron chi connectivity index (χ1n) is 5.33. The SMILES string of the molecule is Cc1ccsc1C(=O)NCCc1ncnn1C. The molecule has 0 spiro atoms. The number of nitrogens with zero attached hydrogens (tertiary/aromatic N) is 3. The predicted molar refractivity (Wildman–Crippen MR) is 66.1 cm³/mol. The fourth-order valence-electron chi connectivity index (χ4n) is 1.52. The van der Waals surface area contributed by atoms with Crippen LogP contribution in [0.2, 0.25) is 0 Å². The van der Waals surface area contributed by atoms with E-state index in [4.69, 9.17) is 0 Å². The maximum Gasteiger partial charge on any atom is 0.261 e. The third kappa shape index (κ3) is 2.71. The minimum Gasteiger partial charge on any atom is -0.351 e. The van der Waals surface area contributed by atoms with E-state index in [1.54, 1.807) is 4.68 Å². The maximum absolute atomic E-state index is 11.8. The highest BCUT2D eigenvalue weighted by molar-refractivity contribution is 7.12. The highest BCUT2D eigenvalue weighted by atomic mass is 32.1. The molecule has 17 heavy (non-hydrogen) atoms. The lowest BCUT2D eigenvalue weighted by Gasteiger charge is -2.04. The molecule has 0 aliphatic carbocycles. The smallest absolute Gasteiger partial charge is 0.261 e. The van der Waals surface area contributed by atoms with Crippen LogP contribution in [0.1, 0.15) is 21.1 Å². The monoisotopic (exact) mass is 250 g/mol. The number of thiophene rings is 1. The number of carbonyl (C=O) groups is 1. The normalized spacial score (nSPS) is 10.5. The Bertz CT molecular complexity index is 517. The Kier molecular flexibility index (Phi) is 3.53. The number of hydrogen-bond donors (Lipinski definition) is 1. The second kappa shape index (κ2) is 5.09. The number of aryl methyl sites for hydroxylation is 2. The Morgan fingerprint density at radius 2 is 2.41 bits per heavy atom. The molecule has 2 aromatic rings. The molecule has 0 aromatic carbocycles. The molecule has 1 N–H and O–H groups in total. The van der Waals surface area contributed by atoms with Gasteiger partial charge in [-0.3, -0.25) is 9.48 Å². The highest BCUT2D eigenvalue weighted by Gasteiger charge is 2.09. The van der Waals surface area contributed by atoms with E-state index in [1.165, 1.54) is 17.7 Å². The third-order valence-electron chi connectivity index (χ3n) is 2.51. The number of carbonyl (C=O) groups excluding carboxylic acids is 1. The number of hydrogen-bond acceptors (Lipinski definition) is 4. The van der Waals surface area contributed by atoms with Crippen LogP contribution in [-0.2, 0) is 13.5 Å². The molecule has 0 atom stereocenters. The van der Waals surface area contributed by atoms with Gasteiger partial charge in [-0.1, -0.05) is 0 Å². The van der Waals surface area contributed by atoms with Gasteiger partial charge in [0, 0.05) is 20.0 Å². The summed E-state index contributed by atoms with van der Waals surface area (Å²) in [5.41, 5.74) is 1.02. The minimum atomic E-state index is -0.0142. The summed E-state index contributed by atoms with van der Waals surface area (Å²) in [4.78, 5) is 16.7. The summed E-state index contributed by atoms with van der Waals surface area (Å²) in [6.45, 7) is 2.51. The van der Waals surface area contributed by atoms with Crippen LogP contribution in [0.25, 0.3) is 0 Å². The third-order valence-corrected chi connectivity index (χ3v) is 3.52. The van der Waals surface area contributed by atoms with Crippen LogP contribution in [0.15, 0.2) is 17.8 Å². The molecular weight excluding hydrogens is 236 g/mol. The van der Waals surface area contributed by atoms with E-state index < -0.39 is 0 Å². The summed E-state index contributed by atoms with van der Waals surface area (Å²) in [6.07, 6.45) is 2.20. The first-order valence-corrected chi connectivity index (χ1v) is 6.21. The first kappa shape index (κ1) is 11.8. The van der Waals surface area contributed by atoms with Gasteiger partial charge < -0.3 is 5.32 Å². The standard InChI is InChI=1S/C11H14N4OS/c1-8-4-6-17-10(8)11(16)12-5-3-9-13-7-14-15(9)2/h4,6-7H,3,5H2,1-2H3,(H,12,16). The van der Waals surface area contributed by atoms with Crippen molar-refractivity contribution in [2.45, 2.75) is 13.3 Å². The van der Waals surface area contributed by atoms with Crippen molar-refractivity contribution < 1.29 is 4.79 Å². The lowest BCUT2D eigenvalue weighted by molar-refractivity contribution is 0.0957. The van der Waals surface area contributed by atoms with Crippen molar-refractivity contribution in [3.63, 3.8) is 0 Å². The molecule has 5 nitrogen and oxygen atoms in total. The summed E-state index contributed by atoms with van der Waals surface area (Å²) in [5, 5.41) is 8.78. The lowest BCUT2D eigenvalue weighted by Crippen LogP contribution is -2.26. The summed E-state index contributed by atoms with van der Waals surface area (Å²) in [5.74, 6) is 0.855. The van der Waals surface area contributed by atoms with Crippen LogP contribution in [0.3, 0.4) is 0 Å². The largest absolute Gasteiger partial charge is 0.351 e. The molecule has 2 rings (SSSR count). The summed E-state index contributed by atoms with van der Waals surface area (Å²) in [6, 6.07) is 1.95. The Labute approximate surface area is 103 Å². The van der Waals surface area contributed by atoms with E-state index in [1.807, 2.05) is 25.4 Å². The summed E-state index contributed by atoms with van der Waals surface area (Å²) in [7, 11) is 1.84. The molecule has 0 radical (unpaired) electrons. The Balaban J connectivity index is 1.86. The minimum absolute atomic E-state index is 0.0142. The van der Waals surface area contributed by atoms with Crippen molar-refractivity contribution in [3.8, 4) is 0 Å². The van der Waals surface area contributed by atoms with Gasteiger partial charge in [-0.25, -0.2) is 4.98 Å². The average Bonchev–Trinajstić information content (AvgIpc) is 2.88. The number of aromatic nitrogens is 3. The molecule has 0 saturated carbocycles. The summed E-state index contributed by atoms with van der Waals surface area (Å²) < 4.78 is 1.71. The van der Waals surface area contributed by atoms with Gasteiger partial charge in [-0.05, 0) is 23.9 Å². The van der Waals surface area contributed by atoms with Crippen molar-refractivity contribution in [2.24, 2.45) is 7.05 Å². The molecule has 2 heterocycles. The second-order valence-corrected chi connectivity index (χ2v) is 4.65. The van der Waals surface area contributed by atoms with Crippen molar-refractivity contribution in [1.82, 2.24) is 20.1 Å². The molecule has 0 aliphatic heterocycles. The van der Waals surface area contributed by atoms with Crippen LogP contribution in [-0.4, -0.2) is 27.2 Å². The van der Waals surface area contributed by atoms with Crippen molar-refractivity contribution in [1.29, 1.82) is 0 Å². The zero-order valence-corrected chi connectivity index (χ0v) is 10.6. The molecule has 0 bridgehead atoms. The topological polar surface area (TPSA) is 59.8 Å². The zero-order valence-electron chi connectivity index (χ0n) is 9.80. The van der Waals surface area contributed by atoms with Crippen LogP contribution < -0.4 is 5.32 Å². The number of amides is 1. The van der Waals surface area contributed by atoms with Gasteiger partial charge in [0.1, 0.15) is 12.2 Å². The van der Waals surface area contributed by atoms with Gasteiger partial charge in [0.2, 0.25) is 0 Å². The van der Waals surface area contributed by atoms with Gasteiger partial charge in [-0.2, -0.15) is 5.10 Å². The molecule has 0 unspecified atom stereocenters. The van der Waals surface area contributed by atoms with Crippen LogP contribution >= 0.6 is 11.3 Å². The molecule has 0 aliphatic rings. The molecule has 0 fully saturated rings. The van der Waals surface area contributed by atoms with Gasteiger partial charge in [-0.15, -0.1) is 11.3 Å². The predicted octanol–water partition coefficient (Wildman–Crippen LogP) is 1.16. The first-order chi connectivity index (χ1) is 8.18. The van der Waals surface area contributed by atoms with Crippen LogP contribution in [0.5, 0.6) is 0 Å². The van der Waals surface area contributed by atoms with E-state index in [9.17, 15) is 4.79 Å². The van der Waals surface area contributed by atoms with Crippen molar-refractivity contribution in [3.05, 3.63) is 34.0 Å². The van der Waals surface area contributed by atoms with Gasteiger partial charge >= 0.3 is 0 Å². The van der Waals surface area contributed by atoms with E-state index in [0.29, 0.717) is 13.0 Å².